The molecule has 0 aliphatic heterocycles. The first-order valence-corrected chi connectivity index (χ1v) is 19.4. The molecule has 0 saturated heterocycles. The molecule has 11 aromatic carbocycles. The number of benzene rings is 11. The molecule has 0 heterocycles. The summed E-state index contributed by atoms with van der Waals surface area (Å²) in [6, 6.07) is 80.4. The van der Waals surface area contributed by atoms with Gasteiger partial charge in [0.1, 0.15) is 0 Å². The Hall–Kier alpha value is -7.28. The summed E-state index contributed by atoms with van der Waals surface area (Å²) in [5, 5.41) is 12.6. The van der Waals surface area contributed by atoms with Gasteiger partial charge >= 0.3 is 0 Å². The summed E-state index contributed by atoms with van der Waals surface area (Å²) in [5.74, 6) is 0. The van der Waals surface area contributed by atoms with Crippen molar-refractivity contribution >= 4 is 53.9 Å². The van der Waals surface area contributed by atoms with Crippen LogP contribution in [0.1, 0.15) is 0 Å². The molecule has 56 heavy (non-hydrogen) atoms. The maximum Gasteiger partial charge on any atom is -0.00201 e. The van der Waals surface area contributed by atoms with Crippen molar-refractivity contribution in [2.45, 2.75) is 0 Å². The highest BCUT2D eigenvalue weighted by molar-refractivity contribution is 6.24. The quantitative estimate of drug-likeness (QED) is 0.156. The van der Waals surface area contributed by atoms with Crippen molar-refractivity contribution in [2.24, 2.45) is 0 Å². The van der Waals surface area contributed by atoms with Gasteiger partial charge in [0, 0.05) is 0 Å². The van der Waals surface area contributed by atoms with Crippen LogP contribution in [0.4, 0.5) is 0 Å². The van der Waals surface area contributed by atoms with Crippen LogP contribution < -0.4 is 0 Å². The topological polar surface area (TPSA) is 0 Å². The minimum absolute atomic E-state index is 1.20. The van der Waals surface area contributed by atoms with Crippen LogP contribution in [0.3, 0.4) is 0 Å². The summed E-state index contributed by atoms with van der Waals surface area (Å²) >= 11 is 0. The summed E-state index contributed by atoms with van der Waals surface area (Å²) in [5.41, 5.74) is 12.3. The van der Waals surface area contributed by atoms with Gasteiger partial charge in [-0.25, -0.2) is 0 Å². The first-order valence-electron chi connectivity index (χ1n) is 19.4. The maximum absolute atomic E-state index is 2.43. The largest absolute Gasteiger partial charge is 0.0616 e. The fraction of sp³-hybridized carbons (Fsp3) is 0. The minimum Gasteiger partial charge on any atom is -0.0616 e. The smallest absolute Gasteiger partial charge is 0.00201 e. The summed E-state index contributed by atoms with van der Waals surface area (Å²) in [7, 11) is 0. The predicted octanol–water partition coefficient (Wildman–Crippen LogP) is 15.8. The molecule has 0 nitrogen and oxygen atoms in total. The van der Waals surface area contributed by atoms with E-state index in [9.17, 15) is 0 Å². The van der Waals surface area contributed by atoms with E-state index in [4.69, 9.17) is 0 Å². The van der Waals surface area contributed by atoms with Gasteiger partial charge in [0.15, 0.2) is 0 Å². The van der Waals surface area contributed by atoms with Crippen molar-refractivity contribution in [3.8, 4) is 55.6 Å². The molecule has 0 N–H and O–H groups in total. The van der Waals surface area contributed by atoms with E-state index in [-0.39, 0.29) is 0 Å². The van der Waals surface area contributed by atoms with E-state index in [0.29, 0.717) is 0 Å². The summed E-state index contributed by atoms with van der Waals surface area (Å²) < 4.78 is 0. The van der Waals surface area contributed by atoms with Crippen molar-refractivity contribution in [2.75, 3.05) is 0 Å². The van der Waals surface area contributed by atoms with Crippen molar-refractivity contribution in [1.29, 1.82) is 0 Å². The van der Waals surface area contributed by atoms with Gasteiger partial charge in [-0.05, 0) is 128 Å². The fourth-order valence-electron chi connectivity index (χ4n) is 8.95. The lowest BCUT2D eigenvalue weighted by Gasteiger charge is -2.20. The molecule has 0 unspecified atom stereocenters. The summed E-state index contributed by atoms with van der Waals surface area (Å²) in [6.45, 7) is 0. The molecule has 0 saturated carbocycles. The van der Waals surface area contributed by atoms with Crippen molar-refractivity contribution in [3.05, 3.63) is 218 Å². The second-order valence-corrected chi connectivity index (χ2v) is 14.8. The highest BCUT2D eigenvalue weighted by Gasteiger charge is 2.19. The van der Waals surface area contributed by atoms with Gasteiger partial charge in [-0.2, -0.15) is 0 Å². The zero-order chi connectivity index (χ0) is 37.0. The first-order chi connectivity index (χ1) is 27.8. The van der Waals surface area contributed by atoms with E-state index in [0.717, 1.165) is 0 Å². The highest BCUT2D eigenvalue weighted by Crippen LogP contribution is 2.47. The SMILES string of the molecule is c1cc(-c2ccc3ccccc3c2)cc(-c2c3ccccc3c(-c3cccc4ccccc34)c3ccc(-c4ccc(-c5cccc6ccccc56)cc4)cc23)c1. The van der Waals surface area contributed by atoms with E-state index < -0.39 is 0 Å². The van der Waals surface area contributed by atoms with Gasteiger partial charge in [0.05, 0.1) is 0 Å². The molecule has 0 aromatic heterocycles. The van der Waals surface area contributed by atoms with Gasteiger partial charge in [-0.3, -0.25) is 0 Å². The first kappa shape index (κ1) is 32.2. The molecule has 0 bridgehead atoms. The standard InChI is InChI=1S/C56H36/c1-2-15-42-34-44(31-28-37(42)12-1)43-18-9-19-46(35-43)55-51-22-7-8-23-52(51)56(50-25-11-17-40-14-4-6-21-49(40)50)53-33-32-45(36-54(53)55)38-26-29-41(30-27-38)48-24-10-16-39-13-3-5-20-47(39)48/h1-36H. The number of hydrogen-bond donors (Lipinski definition) is 0. The highest BCUT2D eigenvalue weighted by atomic mass is 14.2. The Morgan fingerprint density at radius 3 is 1.39 bits per heavy atom. The lowest BCUT2D eigenvalue weighted by molar-refractivity contribution is 1.61. The fourth-order valence-corrected chi connectivity index (χ4v) is 8.95. The van der Waals surface area contributed by atoms with Crippen LogP contribution >= 0.6 is 0 Å². The van der Waals surface area contributed by atoms with Gasteiger partial charge in [-0.1, -0.05) is 200 Å². The van der Waals surface area contributed by atoms with E-state index >= 15 is 0 Å². The third kappa shape index (κ3) is 5.38. The molecule has 0 heteroatoms. The number of hydrogen-bond acceptors (Lipinski definition) is 0. The zero-order valence-electron chi connectivity index (χ0n) is 30.8. The predicted molar refractivity (Wildman–Crippen MR) is 241 cm³/mol. The molecule has 0 atom stereocenters. The summed E-state index contributed by atoms with van der Waals surface area (Å²) in [6.07, 6.45) is 0. The van der Waals surface area contributed by atoms with E-state index in [1.165, 1.54) is 109 Å². The second-order valence-electron chi connectivity index (χ2n) is 14.8. The van der Waals surface area contributed by atoms with E-state index in [2.05, 4.69) is 218 Å². The Labute approximate surface area is 326 Å². The molecular formula is C56H36. The average molecular weight is 709 g/mol. The number of fused-ring (bicyclic) bond motifs is 5. The van der Waals surface area contributed by atoms with Gasteiger partial charge in [0.25, 0.3) is 0 Å². The molecule has 260 valence electrons. The normalized spacial score (nSPS) is 11.6. The Kier molecular flexibility index (Phi) is 7.60. The van der Waals surface area contributed by atoms with Crippen LogP contribution in [0, 0.1) is 0 Å². The van der Waals surface area contributed by atoms with Crippen LogP contribution in [0.5, 0.6) is 0 Å². The molecular weight excluding hydrogens is 673 g/mol. The second kappa shape index (κ2) is 13.2. The van der Waals surface area contributed by atoms with Crippen LogP contribution in [-0.4, -0.2) is 0 Å². The zero-order valence-corrected chi connectivity index (χ0v) is 30.8. The molecule has 0 fully saturated rings. The molecule has 0 amide bonds. The van der Waals surface area contributed by atoms with E-state index in [1.54, 1.807) is 0 Å². The Balaban J connectivity index is 1.15. The third-order valence-electron chi connectivity index (χ3n) is 11.6. The maximum atomic E-state index is 2.43. The third-order valence-corrected chi connectivity index (χ3v) is 11.6. The molecule has 11 aromatic rings. The van der Waals surface area contributed by atoms with Crippen molar-refractivity contribution in [1.82, 2.24) is 0 Å². The molecule has 0 spiro atoms. The van der Waals surface area contributed by atoms with Crippen molar-refractivity contribution in [3.63, 3.8) is 0 Å². The Morgan fingerprint density at radius 1 is 0.179 bits per heavy atom. The van der Waals surface area contributed by atoms with Crippen LogP contribution in [0.2, 0.25) is 0 Å². The van der Waals surface area contributed by atoms with Gasteiger partial charge < -0.3 is 0 Å². The van der Waals surface area contributed by atoms with Crippen LogP contribution in [0.15, 0.2) is 218 Å². The Morgan fingerprint density at radius 2 is 0.643 bits per heavy atom. The average Bonchev–Trinajstić information content (AvgIpc) is 3.27. The molecule has 0 radical (unpaired) electrons. The molecule has 0 aliphatic rings. The summed E-state index contributed by atoms with van der Waals surface area (Å²) in [4.78, 5) is 0. The van der Waals surface area contributed by atoms with Gasteiger partial charge in [0.2, 0.25) is 0 Å². The van der Waals surface area contributed by atoms with Gasteiger partial charge in [-0.15, -0.1) is 0 Å². The lowest BCUT2D eigenvalue weighted by Crippen LogP contribution is -1.93. The minimum atomic E-state index is 1.20. The monoisotopic (exact) mass is 708 g/mol. The molecule has 0 aliphatic carbocycles. The van der Waals surface area contributed by atoms with Crippen molar-refractivity contribution < 1.29 is 0 Å². The molecule has 11 rings (SSSR count). The Bertz CT molecular complexity index is 3280. The lowest BCUT2D eigenvalue weighted by atomic mass is 9.83. The van der Waals surface area contributed by atoms with Crippen LogP contribution in [-0.2, 0) is 0 Å². The van der Waals surface area contributed by atoms with Crippen LogP contribution in [0.25, 0.3) is 109 Å². The van der Waals surface area contributed by atoms with E-state index in [1.807, 2.05) is 0 Å². The number of rotatable bonds is 5.